The minimum absolute atomic E-state index is 0.0125. The van der Waals surface area contributed by atoms with Crippen LogP contribution in [0.3, 0.4) is 0 Å². The Hall–Kier alpha value is -3.20. The molecule has 0 aliphatic heterocycles. The Kier molecular flexibility index (Phi) is 24.1. The van der Waals surface area contributed by atoms with Gasteiger partial charge in [0.05, 0.1) is 66.0 Å². The molecule has 0 rings (SSSR count). The number of guanidine groups is 1. The lowest BCUT2D eigenvalue weighted by molar-refractivity contribution is 0.0102. The molecule has 0 atom stereocenters. The van der Waals surface area contributed by atoms with Crippen LogP contribution in [-0.2, 0) is 37.9 Å². The maximum Gasteiger partial charge on any atom is 0.437 e. The van der Waals surface area contributed by atoms with Crippen LogP contribution >= 0.6 is 0 Å². The molecule has 0 saturated heterocycles. The summed E-state index contributed by atoms with van der Waals surface area (Å²) in [6.45, 7) is 19.8. The van der Waals surface area contributed by atoms with Crippen molar-refractivity contribution in [2.24, 2.45) is 4.99 Å². The fourth-order valence-electron chi connectivity index (χ4n) is 3.73. The summed E-state index contributed by atoms with van der Waals surface area (Å²) in [4.78, 5) is 50.0. The third-order valence-electron chi connectivity index (χ3n) is 6.08. The van der Waals surface area contributed by atoms with Crippen molar-refractivity contribution in [3.05, 3.63) is 0 Å². The third-order valence-corrected chi connectivity index (χ3v) is 6.08. The van der Waals surface area contributed by atoms with Gasteiger partial charge >= 0.3 is 18.3 Å². The van der Waals surface area contributed by atoms with Crippen LogP contribution in [0.2, 0.25) is 0 Å². The van der Waals surface area contributed by atoms with Crippen molar-refractivity contribution < 1.29 is 52.3 Å². The van der Waals surface area contributed by atoms with Crippen LogP contribution in [0, 0.1) is 12.3 Å². The van der Waals surface area contributed by atoms with Gasteiger partial charge in [0.2, 0.25) is 5.96 Å². The van der Waals surface area contributed by atoms with Gasteiger partial charge in [0.15, 0.2) is 0 Å². The van der Waals surface area contributed by atoms with Crippen LogP contribution in [0.15, 0.2) is 4.99 Å². The summed E-state index contributed by atoms with van der Waals surface area (Å²) in [6, 6.07) is 0. The van der Waals surface area contributed by atoms with Gasteiger partial charge in [0.25, 0.3) is 0 Å². The zero-order chi connectivity index (χ0) is 39.8. The number of hydrogen-bond donors (Lipinski definition) is 0. The van der Waals surface area contributed by atoms with Gasteiger partial charge in [-0.3, -0.25) is 0 Å². The van der Waals surface area contributed by atoms with Gasteiger partial charge in [0.1, 0.15) is 23.4 Å². The fraction of sp³-hybridized carbons (Fsp3) is 0.833. The summed E-state index contributed by atoms with van der Waals surface area (Å²) < 4.78 is 44.9. The molecule has 16 nitrogen and oxygen atoms in total. The first-order chi connectivity index (χ1) is 24.1. The first kappa shape index (κ1) is 48.8. The third kappa shape index (κ3) is 27.5. The molecule has 0 fully saturated rings. The van der Waals surface area contributed by atoms with E-state index < -0.39 is 35.1 Å². The second-order valence-corrected chi connectivity index (χ2v) is 14.9. The maximum absolute atomic E-state index is 13.7. The molecule has 52 heavy (non-hydrogen) atoms. The minimum atomic E-state index is -0.893. The van der Waals surface area contributed by atoms with Crippen LogP contribution < -0.4 is 0 Å². The van der Waals surface area contributed by atoms with E-state index in [1.807, 2.05) is 19.0 Å². The lowest BCUT2D eigenvalue weighted by atomic mass is 10.2. The van der Waals surface area contributed by atoms with E-state index in [2.05, 4.69) is 10.9 Å². The Balaban J connectivity index is 6.15. The quantitative estimate of drug-likeness (QED) is 0.0518. The van der Waals surface area contributed by atoms with Crippen molar-refractivity contribution in [1.29, 1.82) is 0 Å². The first-order valence-electron chi connectivity index (χ1n) is 17.6. The van der Waals surface area contributed by atoms with E-state index in [0.717, 1.165) is 0 Å². The molecule has 302 valence electrons. The van der Waals surface area contributed by atoms with Gasteiger partial charge in [0, 0.05) is 33.2 Å². The molecule has 0 unspecified atom stereocenters. The fourth-order valence-corrected chi connectivity index (χ4v) is 3.73. The average molecular weight is 746 g/mol. The standard InChI is InChI=1S/C36H67N5O11/c1-14-20-45-26-28-49-29-27-48-25-19-41(33(44)52-36(8,9)10)30(37-31(42)50-34(2,3)4)40(17-23-46-21-15-38(11)12)18-24-47-22-16-39(13)32(43)51-35(5,6)7/h1H,15-29H2,2-13H3. The van der Waals surface area contributed by atoms with Crippen molar-refractivity contribution in [1.82, 2.24) is 19.6 Å². The highest BCUT2D eigenvalue weighted by atomic mass is 16.6. The van der Waals surface area contributed by atoms with E-state index in [1.165, 1.54) is 9.80 Å². The van der Waals surface area contributed by atoms with E-state index in [0.29, 0.717) is 33.0 Å². The Morgan fingerprint density at radius 3 is 1.48 bits per heavy atom. The van der Waals surface area contributed by atoms with E-state index in [9.17, 15) is 14.4 Å². The van der Waals surface area contributed by atoms with Crippen molar-refractivity contribution in [3.8, 4) is 12.3 Å². The van der Waals surface area contributed by atoms with Crippen LogP contribution in [-0.4, -0.2) is 181 Å². The average Bonchev–Trinajstić information content (AvgIpc) is 2.98. The second-order valence-electron chi connectivity index (χ2n) is 14.9. The zero-order valence-electron chi connectivity index (χ0n) is 33.9. The van der Waals surface area contributed by atoms with Crippen LogP contribution in [0.5, 0.6) is 0 Å². The normalized spacial score (nSPS) is 12.3. The summed E-state index contributed by atoms with van der Waals surface area (Å²) in [5.41, 5.74) is -2.32. The first-order valence-corrected chi connectivity index (χ1v) is 17.6. The Morgan fingerprint density at radius 1 is 0.558 bits per heavy atom. The molecule has 16 heteroatoms. The summed E-state index contributed by atoms with van der Waals surface area (Å²) >= 11 is 0. The van der Waals surface area contributed by atoms with Gasteiger partial charge in [-0.25, -0.2) is 19.3 Å². The lowest BCUT2D eigenvalue weighted by Gasteiger charge is -2.34. The number of amides is 3. The Bertz CT molecular complexity index is 1090. The number of hydrogen-bond acceptors (Lipinski definition) is 12. The summed E-state index contributed by atoms with van der Waals surface area (Å²) in [5.74, 6) is 2.38. The zero-order valence-corrected chi connectivity index (χ0v) is 33.9. The highest BCUT2D eigenvalue weighted by molar-refractivity contribution is 5.99. The Morgan fingerprint density at radius 2 is 0.981 bits per heavy atom. The molecule has 0 radical (unpaired) electrons. The number of nitrogens with zero attached hydrogens (tertiary/aromatic N) is 5. The predicted molar refractivity (Wildman–Crippen MR) is 199 cm³/mol. The molecule has 0 aromatic heterocycles. The van der Waals surface area contributed by atoms with E-state index in [-0.39, 0.29) is 71.8 Å². The number of terminal acetylenes is 1. The molecule has 0 aliphatic carbocycles. The van der Waals surface area contributed by atoms with Crippen molar-refractivity contribution in [3.63, 3.8) is 0 Å². The van der Waals surface area contributed by atoms with E-state index in [4.69, 9.17) is 44.3 Å². The molecule has 0 aromatic carbocycles. The summed E-state index contributed by atoms with van der Waals surface area (Å²) in [6.07, 6.45) is 3.08. The number of rotatable bonds is 22. The molecule has 0 bridgehead atoms. The Labute approximate surface area is 312 Å². The number of carbonyl (C=O) groups is 3. The highest BCUT2D eigenvalue weighted by Crippen LogP contribution is 2.15. The maximum atomic E-state index is 13.7. The number of likely N-dealkylation sites (N-methyl/N-ethyl adjacent to an activating group) is 2. The molecular weight excluding hydrogens is 678 g/mol. The number of ether oxygens (including phenoxy) is 8. The van der Waals surface area contributed by atoms with Crippen molar-refractivity contribution in [2.45, 2.75) is 79.1 Å². The molecular formula is C36H67N5O11. The van der Waals surface area contributed by atoms with Gasteiger partial charge < -0.3 is 52.6 Å². The summed E-state index contributed by atoms with van der Waals surface area (Å²) in [7, 11) is 5.52. The van der Waals surface area contributed by atoms with E-state index in [1.54, 1.807) is 74.3 Å². The molecule has 0 saturated carbocycles. The van der Waals surface area contributed by atoms with Gasteiger partial charge in [-0.15, -0.1) is 11.4 Å². The van der Waals surface area contributed by atoms with Crippen LogP contribution in [0.25, 0.3) is 0 Å². The SMILES string of the molecule is C#CCOCCOCCOCCN(C(=O)OC(C)(C)C)C(=NC(=O)OC(C)(C)C)N(CCOCCN(C)C)CCOCCN(C)C(=O)OC(C)(C)C. The molecule has 0 aromatic rings. The van der Waals surface area contributed by atoms with Gasteiger partial charge in [-0.05, 0) is 76.4 Å². The van der Waals surface area contributed by atoms with Crippen LogP contribution in [0.1, 0.15) is 62.3 Å². The second kappa shape index (κ2) is 25.7. The monoisotopic (exact) mass is 745 g/mol. The number of carbonyl (C=O) groups excluding carboxylic acids is 3. The van der Waals surface area contributed by atoms with Crippen LogP contribution in [0.4, 0.5) is 14.4 Å². The molecule has 3 amide bonds. The predicted octanol–water partition coefficient (Wildman–Crippen LogP) is 3.96. The summed E-state index contributed by atoms with van der Waals surface area (Å²) in [5, 5.41) is 0. The smallest absolute Gasteiger partial charge is 0.437 e. The van der Waals surface area contributed by atoms with Crippen molar-refractivity contribution in [2.75, 3.05) is 120 Å². The lowest BCUT2D eigenvalue weighted by Crippen LogP contribution is -2.52. The topological polar surface area (TPSA) is 150 Å². The molecule has 0 heterocycles. The largest absolute Gasteiger partial charge is 0.444 e. The molecule has 0 spiro atoms. The highest BCUT2D eigenvalue weighted by Gasteiger charge is 2.31. The van der Waals surface area contributed by atoms with Gasteiger partial charge in [-0.1, -0.05) is 5.92 Å². The molecule has 0 N–H and O–H groups in total. The number of aliphatic imine (C=N–C) groups is 1. The molecule has 0 aliphatic rings. The minimum Gasteiger partial charge on any atom is -0.444 e. The van der Waals surface area contributed by atoms with Crippen molar-refractivity contribution >= 4 is 24.2 Å². The van der Waals surface area contributed by atoms with E-state index >= 15 is 0 Å². The van der Waals surface area contributed by atoms with Gasteiger partial charge in [-0.2, -0.15) is 0 Å².